The number of piperidine rings is 1. The molecule has 0 aromatic rings. The number of amides is 1. The van der Waals surface area contributed by atoms with Crippen molar-refractivity contribution in [3.8, 4) is 0 Å². The standard InChI is InChI=1S/C14H26N2O3/c1-3-6-14(13(18)19)7-5-9-16(11-14)12(17)10-15-8-4-2/h15H,3-11H2,1-2H3,(H,18,19). The summed E-state index contributed by atoms with van der Waals surface area (Å²) >= 11 is 0. The first kappa shape index (κ1) is 16.0. The zero-order valence-corrected chi connectivity index (χ0v) is 12.1. The number of aliphatic carboxylic acids is 1. The zero-order valence-electron chi connectivity index (χ0n) is 12.1. The Morgan fingerprint density at radius 2 is 2.05 bits per heavy atom. The number of hydrogen-bond donors (Lipinski definition) is 2. The number of likely N-dealkylation sites (tertiary alicyclic amines) is 1. The van der Waals surface area contributed by atoms with Crippen molar-refractivity contribution >= 4 is 11.9 Å². The van der Waals surface area contributed by atoms with Crippen LogP contribution in [0, 0.1) is 5.41 Å². The Morgan fingerprint density at radius 1 is 1.32 bits per heavy atom. The monoisotopic (exact) mass is 270 g/mol. The molecule has 2 N–H and O–H groups in total. The molecule has 0 spiro atoms. The summed E-state index contributed by atoms with van der Waals surface area (Å²) in [5, 5.41) is 12.6. The number of rotatable bonds is 7. The molecule has 19 heavy (non-hydrogen) atoms. The van der Waals surface area contributed by atoms with Crippen molar-refractivity contribution in [1.29, 1.82) is 0 Å². The summed E-state index contributed by atoms with van der Waals surface area (Å²) in [5.41, 5.74) is -0.729. The van der Waals surface area contributed by atoms with E-state index in [1.807, 2.05) is 6.92 Å². The molecular weight excluding hydrogens is 244 g/mol. The van der Waals surface area contributed by atoms with Crippen molar-refractivity contribution < 1.29 is 14.7 Å². The van der Waals surface area contributed by atoms with Gasteiger partial charge in [-0.3, -0.25) is 9.59 Å². The lowest BCUT2D eigenvalue weighted by molar-refractivity contribution is -0.155. The van der Waals surface area contributed by atoms with Gasteiger partial charge in [0.25, 0.3) is 0 Å². The molecule has 5 heteroatoms. The number of nitrogens with one attached hydrogen (secondary N) is 1. The number of carbonyl (C=O) groups is 2. The maximum atomic E-state index is 12.1. The van der Waals surface area contributed by atoms with Crippen LogP contribution in [0.1, 0.15) is 46.0 Å². The minimum atomic E-state index is -0.756. The van der Waals surface area contributed by atoms with Crippen LogP contribution in [0.15, 0.2) is 0 Å². The molecule has 1 heterocycles. The van der Waals surface area contributed by atoms with Crippen molar-refractivity contribution in [2.75, 3.05) is 26.2 Å². The van der Waals surface area contributed by atoms with Gasteiger partial charge in [-0.05, 0) is 32.2 Å². The Hall–Kier alpha value is -1.10. The van der Waals surface area contributed by atoms with Gasteiger partial charge in [0.2, 0.25) is 5.91 Å². The summed E-state index contributed by atoms with van der Waals surface area (Å²) < 4.78 is 0. The molecule has 110 valence electrons. The van der Waals surface area contributed by atoms with Gasteiger partial charge in [0.05, 0.1) is 12.0 Å². The second-order valence-electron chi connectivity index (χ2n) is 5.43. The fraction of sp³-hybridized carbons (Fsp3) is 0.857. The normalized spacial score (nSPS) is 23.4. The minimum Gasteiger partial charge on any atom is -0.481 e. The smallest absolute Gasteiger partial charge is 0.311 e. The van der Waals surface area contributed by atoms with Crippen LogP contribution >= 0.6 is 0 Å². The molecule has 0 radical (unpaired) electrons. The quantitative estimate of drug-likeness (QED) is 0.688. The maximum absolute atomic E-state index is 12.1. The summed E-state index contributed by atoms with van der Waals surface area (Å²) in [6.45, 7) is 6.23. The van der Waals surface area contributed by atoms with E-state index >= 15 is 0 Å². The Labute approximate surface area is 115 Å². The van der Waals surface area contributed by atoms with Crippen LogP contribution in [0.5, 0.6) is 0 Å². The third-order valence-corrected chi connectivity index (χ3v) is 3.81. The number of hydrogen-bond acceptors (Lipinski definition) is 3. The van der Waals surface area contributed by atoms with Crippen molar-refractivity contribution in [2.24, 2.45) is 5.41 Å². The summed E-state index contributed by atoms with van der Waals surface area (Å²) in [4.78, 5) is 25.3. The Kier molecular flexibility index (Phi) is 6.28. The minimum absolute atomic E-state index is 0.0230. The van der Waals surface area contributed by atoms with Crippen molar-refractivity contribution in [1.82, 2.24) is 10.2 Å². The van der Waals surface area contributed by atoms with Crippen LogP contribution in [0.2, 0.25) is 0 Å². The molecule has 0 aromatic carbocycles. The fourth-order valence-electron chi connectivity index (χ4n) is 2.79. The van der Waals surface area contributed by atoms with Gasteiger partial charge in [-0.1, -0.05) is 20.3 Å². The van der Waals surface area contributed by atoms with Crippen LogP contribution in [-0.2, 0) is 9.59 Å². The van der Waals surface area contributed by atoms with E-state index in [0.29, 0.717) is 32.5 Å². The van der Waals surface area contributed by atoms with E-state index in [-0.39, 0.29) is 5.91 Å². The first-order valence-corrected chi connectivity index (χ1v) is 7.27. The highest BCUT2D eigenvalue weighted by molar-refractivity contribution is 5.81. The van der Waals surface area contributed by atoms with Gasteiger partial charge >= 0.3 is 5.97 Å². The van der Waals surface area contributed by atoms with E-state index in [0.717, 1.165) is 25.8 Å². The van der Waals surface area contributed by atoms with Gasteiger partial charge in [0.1, 0.15) is 0 Å². The third-order valence-electron chi connectivity index (χ3n) is 3.81. The van der Waals surface area contributed by atoms with E-state index in [1.165, 1.54) is 0 Å². The van der Waals surface area contributed by atoms with Gasteiger partial charge < -0.3 is 15.3 Å². The van der Waals surface area contributed by atoms with Crippen LogP contribution in [-0.4, -0.2) is 48.1 Å². The largest absolute Gasteiger partial charge is 0.481 e. The molecule has 1 rings (SSSR count). The van der Waals surface area contributed by atoms with E-state index in [4.69, 9.17) is 0 Å². The molecule has 1 atom stereocenters. The lowest BCUT2D eigenvalue weighted by atomic mass is 9.76. The summed E-state index contributed by atoms with van der Waals surface area (Å²) in [5.74, 6) is -0.733. The first-order chi connectivity index (χ1) is 9.05. The number of nitrogens with zero attached hydrogens (tertiary/aromatic N) is 1. The molecule has 1 amide bonds. The molecule has 1 unspecified atom stereocenters. The predicted octanol–water partition coefficient (Wildman–Crippen LogP) is 1.48. The van der Waals surface area contributed by atoms with Crippen LogP contribution in [0.4, 0.5) is 0 Å². The number of carboxylic acids is 1. The molecule has 1 fully saturated rings. The molecule has 5 nitrogen and oxygen atoms in total. The van der Waals surface area contributed by atoms with E-state index < -0.39 is 11.4 Å². The van der Waals surface area contributed by atoms with Gasteiger partial charge in [-0.2, -0.15) is 0 Å². The first-order valence-electron chi connectivity index (χ1n) is 7.27. The molecule has 0 aromatic heterocycles. The van der Waals surface area contributed by atoms with Gasteiger partial charge in [0.15, 0.2) is 0 Å². The molecule has 1 saturated heterocycles. The highest BCUT2D eigenvalue weighted by Crippen LogP contribution is 2.35. The topological polar surface area (TPSA) is 69.6 Å². The second kappa shape index (κ2) is 7.48. The lowest BCUT2D eigenvalue weighted by Crippen LogP contribution is -2.51. The number of carbonyl (C=O) groups excluding carboxylic acids is 1. The van der Waals surface area contributed by atoms with E-state index in [1.54, 1.807) is 4.90 Å². The van der Waals surface area contributed by atoms with E-state index in [9.17, 15) is 14.7 Å². The summed E-state index contributed by atoms with van der Waals surface area (Å²) in [6.07, 6.45) is 3.94. The molecule has 0 bridgehead atoms. The van der Waals surface area contributed by atoms with Crippen LogP contribution < -0.4 is 5.32 Å². The average Bonchev–Trinajstić information content (AvgIpc) is 2.39. The Bertz CT molecular complexity index is 316. The number of carboxylic acid groups (broad SMARTS) is 1. The SMILES string of the molecule is CCCNCC(=O)N1CCCC(CCC)(C(=O)O)C1. The van der Waals surface area contributed by atoms with Crippen molar-refractivity contribution in [3.63, 3.8) is 0 Å². The molecule has 1 aliphatic heterocycles. The van der Waals surface area contributed by atoms with Crippen molar-refractivity contribution in [2.45, 2.75) is 46.0 Å². The highest BCUT2D eigenvalue weighted by atomic mass is 16.4. The van der Waals surface area contributed by atoms with Gasteiger partial charge in [0, 0.05) is 13.1 Å². The third kappa shape index (κ3) is 4.20. The zero-order chi connectivity index (χ0) is 14.3. The van der Waals surface area contributed by atoms with Crippen LogP contribution in [0.3, 0.4) is 0 Å². The molecule has 0 aliphatic carbocycles. The van der Waals surface area contributed by atoms with E-state index in [2.05, 4.69) is 12.2 Å². The summed E-state index contributed by atoms with van der Waals surface area (Å²) in [7, 11) is 0. The fourth-order valence-corrected chi connectivity index (χ4v) is 2.79. The summed E-state index contributed by atoms with van der Waals surface area (Å²) in [6, 6.07) is 0. The van der Waals surface area contributed by atoms with Crippen LogP contribution in [0.25, 0.3) is 0 Å². The Morgan fingerprint density at radius 3 is 2.63 bits per heavy atom. The van der Waals surface area contributed by atoms with Gasteiger partial charge in [-0.25, -0.2) is 0 Å². The maximum Gasteiger partial charge on any atom is 0.311 e. The molecule has 0 saturated carbocycles. The average molecular weight is 270 g/mol. The highest BCUT2D eigenvalue weighted by Gasteiger charge is 2.42. The molecular formula is C14H26N2O3. The second-order valence-corrected chi connectivity index (χ2v) is 5.43. The van der Waals surface area contributed by atoms with Gasteiger partial charge in [-0.15, -0.1) is 0 Å². The predicted molar refractivity (Wildman–Crippen MR) is 74.0 cm³/mol. The lowest BCUT2D eigenvalue weighted by Gasteiger charge is -2.40. The van der Waals surface area contributed by atoms with Crippen molar-refractivity contribution in [3.05, 3.63) is 0 Å². The molecule has 1 aliphatic rings. The Balaban J connectivity index is 2.61.